The standard InChI is InChI=1S/C11H23NO/c1-3-9-4-6-10(7-5-9)11(2,13)8-12/h9-10,13H,3-8,12H2,1-2H3. The molecular weight excluding hydrogens is 162 g/mol. The fourth-order valence-corrected chi connectivity index (χ4v) is 2.36. The Balaban J connectivity index is 2.40. The van der Waals surface area contributed by atoms with Crippen LogP contribution in [0.25, 0.3) is 0 Å². The van der Waals surface area contributed by atoms with Crippen LogP contribution in [0.3, 0.4) is 0 Å². The van der Waals surface area contributed by atoms with E-state index in [1.54, 1.807) is 0 Å². The van der Waals surface area contributed by atoms with Gasteiger partial charge in [-0.15, -0.1) is 0 Å². The minimum absolute atomic E-state index is 0.397. The van der Waals surface area contributed by atoms with Crippen LogP contribution in [0.1, 0.15) is 46.0 Å². The molecule has 0 aromatic heterocycles. The molecule has 1 aliphatic rings. The first-order valence-corrected chi connectivity index (χ1v) is 5.52. The van der Waals surface area contributed by atoms with Crippen molar-refractivity contribution in [3.8, 4) is 0 Å². The molecule has 3 N–H and O–H groups in total. The van der Waals surface area contributed by atoms with Crippen molar-refractivity contribution in [3.63, 3.8) is 0 Å². The summed E-state index contributed by atoms with van der Waals surface area (Å²) in [7, 11) is 0. The van der Waals surface area contributed by atoms with Gasteiger partial charge < -0.3 is 10.8 Å². The van der Waals surface area contributed by atoms with Crippen molar-refractivity contribution in [3.05, 3.63) is 0 Å². The minimum Gasteiger partial charge on any atom is -0.389 e. The number of rotatable bonds is 3. The lowest BCUT2D eigenvalue weighted by Crippen LogP contribution is -2.43. The maximum Gasteiger partial charge on any atom is 0.0769 e. The second kappa shape index (κ2) is 4.43. The Hall–Kier alpha value is -0.0800. The first-order valence-electron chi connectivity index (χ1n) is 5.52. The van der Waals surface area contributed by atoms with Crippen LogP contribution in [-0.2, 0) is 0 Å². The van der Waals surface area contributed by atoms with E-state index in [1.807, 2.05) is 6.92 Å². The molecule has 0 amide bonds. The lowest BCUT2D eigenvalue weighted by Gasteiger charge is -2.37. The summed E-state index contributed by atoms with van der Waals surface area (Å²) in [5.41, 5.74) is 4.93. The SMILES string of the molecule is CCC1CCC(C(C)(O)CN)CC1. The minimum atomic E-state index is -0.626. The maximum absolute atomic E-state index is 9.98. The monoisotopic (exact) mass is 185 g/mol. The molecular formula is C11H23NO. The summed E-state index contributed by atoms with van der Waals surface area (Å²) >= 11 is 0. The van der Waals surface area contributed by atoms with Gasteiger partial charge in [-0.25, -0.2) is 0 Å². The van der Waals surface area contributed by atoms with Gasteiger partial charge in [0.1, 0.15) is 0 Å². The summed E-state index contributed by atoms with van der Waals surface area (Å²) in [6.45, 7) is 4.53. The third kappa shape index (κ3) is 2.68. The molecule has 2 nitrogen and oxygen atoms in total. The second-order valence-corrected chi connectivity index (χ2v) is 4.69. The molecule has 0 heterocycles. The molecule has 1 unspecified atom stereocenters. The Kier molecular flexibility index (Phi) is 3.74. The van der Waals surface area contributed by atoms with Crippen molar-refractivity contribution in [1.82, 2.24) is 0 Å². The van der Waals surface area contributed by atoms with E-state index < -0.39 is 5.60 Å². The fraction of sp³-hybridized carbons (Fsp3) is 1.00. The zero-order chi connectivity index (χ0) is 9.90. The average Bonchev–Trinajstić information content (AvgIpc) is 2.18. The van der Waals surface area contributed by atoms with Crippen molar-refractivity contribution in [1.29, 1.82) is 0 Å². The van der Waals surface area contributed by atoms with E-state index in [4.69, 9.17) is 5.73 Å². The molecule has 13 heavy (non-hydrogen) atoms. The fourth-order valence-electron chi connectivity index (χ4n) is 2.36. The normalized spacial score (nSPS) is 34.2. The van der Waals surface area contributed by atoms with Gasteiger partial charge in [0.2, 0.25) is 0 Å². The van der Waals surface area contributed by atoms with Crippen molar-refractivity contribution >= 4 is 0 Å². The van der Waals surface area contributed by atoms with Crippen LogP contribution in [0.4, 0.5) is 0 Å². The van der Waals surface area contributed by atoms with Crippen molar-refractivity contribution < 1.29 is 5.11 Å². The molecule has 1 aliphatic carbocycles. The summed E-state index contributed by atoms with van der Waals surface area (Å²) in [6.07, 6.45) is 6.15. The number of hydrogen-bond acceptors (Lipinski definition) is 2. The molecule has 0 saturated heterocycles. The first-order chi connectivity index (χ1) is 6.10. The van der Waals surface area contributed by atoms with Gasteiger partial charge in [0, 0.05) is 6.54 Å². The van der Waals surface area contributed by atoms with Gasteiger partial charge in [-0.1, -0.05) is 26.2 Å². The van der Waals surface area contributed by atoms with Crippen molar-refractivity contribution in [2.45, 2.75) is 51.6 Å². The van der Waals surface area contributed by atoms with Crippen molar-refractivity contribution in [2.75, 3.05) is 6.54 Å². The third-order valence-electron chi connectivity index (χ3n) is 3.72. The van der Waals surface area contributed by atoms with Crippen LogP contribution in [0.2, 0.25) is 0 Å². The molecule has 1 atom stereocenters. The topological polar surface area (TPSA) is 46.2 Å². The zero-order valence-electron chi connectivity index (χ0n) is 8.92. The second-order valence-electron chi connectivity index (χ2n) is 4.69. The number of aliphatic hydroxyl groups is 1. The largest absolute Gasteiger partial charge is 0.389 e. The Morgan fingerprint density at radius 3 is 2.23 bits per heavy atom. The molecule has 0 aromatic carbocycles. The lowest BCUT2D eigenvalue weighted by atomic mass is 9.73. The number of nitrogens with two attached hydrogens (primary N) is 1. The highest BCUT2D eigenvalue weighted by Gasteiger charge is 2.33. The van der Waals surface area contributed by atoms with Gasteiger partial charge in [0.25, 0.3) is 0 Å². The quantitative estimate of drug-likeness (QED) is 0.705. The maximum atomic E-state index is 9.98. The van der Waals surface area contributed by atoms with Crippen molar-refractivity contribution in [2.24, 2.45) is 17.6 Å². The summed E-state index contributed by atoms with van der Waals surface area (Å²) in [4.78, 5) is 0. The van der Waals surface area contributed by atoms with Gasteiger partial charge in [-0.05, 0) is 31.6 Å². The van der Waals surface area contributed by atoms with E-state index in [1.165, 1.54) is 19.3 Å². The van der Waals surface area contributed by atoms with E-state index in [9.17, 15) is 5.11 Å². The molecule has 1 rings (SSSR count). The highest BCUT2D eigenvalue weighted by molar-refractivity contribution is 4.86. The molecule has 0 aliphatic heterocycles. The van der Waals surface area contributed by atoms with Crippen LogP contribution < -0.4 is 5.73 Å². The lowest BCUT2D eigenvalue weighted by molar-refractivity contribution is -0.0145. The van der Waals surface area contributed by atoms with Crippen LogP contribution >= 0.6 is 0 Å². The average molecular weight is 185 g/mol. The summed E-state index contributed by atoms with van der Waals surface area (Å²) < 4.78 is 0. The molecule has 2 heteroatoms. The molecule has 0 radical (unpaired) electrons. The van der Waals surface area contributed by atoms with E-state index >= 15 is 0 Å². The highest BCUT2D eigenvalue weighted by Crippen LogP contribution is 2.36. The van der Waals surface area contributed by atoms with Gasteiger partial charge in [0.15, 0.2) is 0 Å². The predicted molar refractivity (Wildman–Crippen MR) is 55.4 cm³/mol. The van der Waals surface area contributed by atoms with Gasteiger partial charge >= 0.3 is 0 Å². The smallest absolute Gasteiger partial charge is 0.0769 e. The Labute approximate surface area is 81.5 Å². The van der Waals surface area contributed by atoms with Gasteiger partial charge in [0.05, 0.1) is 5.60 Å². The van der Waals surface area contributed by atoms with E-state index in [0.29, 0.717) is 12.5 Å². The van der Waals surface area contributed by atoms with E-state index in [0.717, 1.165) is 18.8 Å². The van der Waals surface area contributed by atoms with E-state index in [2.05, 4.69) is 6.92 Å². The van der Waals surface area contributed by atoms with Gasteiger partial charge in [-0.3, -0.25) is 0 Å². The van der Waals surface area contributed by atoms with E-state index in [-0.39, 0.29) is 0 Å². The molecule has 0 aromatic rings. The first kappa shape index (κ1) is 11.0. The number of hydrogen-bond donors (Lipinski definition) is 2. The Bertz CT molecular complexity index is 148. The van der Waals surface area contributed by atoms with Gasteiger partial charge in [-0.2, -0.15) is 0 Å². The van der Waals surface area contributed by atoms with Crippen LogP contribution in [-0.4, -0.2) is 17.3 Å². The molecule has 78 valence electrons. The third-order valence-corrected chi connectivity index (χ3v) is 3.72. The Morgan fingerprint density at radius 1 is 1.31 bits per heavy atom. The molecule has 1 saturated carbocycles. The summed E-state index contributed by atoms with van der Waals surface area (Å²) in [5, 5.41) is 9.98. The molecule has 1 fully saturated rings. The Morgan fingerprint density at radius 2 is 1.85 bits per heavy atom. The van der Waals surface area contributed by atoms with Crippen LogP contribution in [0.5, 0.6) is 0 Å². The predicted octanol–water partition coefficient (Wildman–Crippen LogP) is 1.91. The zero-order valence-corrected chi connectivity index (χ0v) is 8.92. The highest BCUT2D eigenvalue weighted by atomic mass is 16.3. The van der Waals surface area contributed by atoms with Crippen LogP contribution in [0, 0.1) is 11.8 Å². The molecule has 0 bridgehead atoms. The van der Waals surface area contributed by atoms with Crippen LogP contribution in [0.15, 0.2) is 0 Å². The molecule has 0 spiro atoms. The summed E-state index contributed by atoms with van der Waals surface area (Å²) in [5.74, 6) is 1.32. The summed E-state index contributed by atoms with van der Waals surface area (Å²) in [6, 6.07) is 0.